The highest BCUT2D eigenvalue weighted by Gasteiger charge is 2.11. The number of hydrogen-bond acceptors (Lipinski definition) is 2. The summed E-state index contributed by atoms with van der Waals surface area (Å²) in [6, 6.07) is 8.59. The molecule has 2 nitrogen and oxygen atoms in total. The van der Waals surface area contributed by atoms with Gasteiger partial charge in [-0.2, -0.15) is 0 Å². The average Bonchev–Trinajstić information content (AvgIpc) is 2.83. The predicted octanol–water partition coefficient (Wildman–Crippen LogP) is 4.68. The van der Waals surface area contributed by atoms with Crippen molar-refractivity contribution in [3.8, 4) is 0 Å². The molecule has 1 aromatic heterocycles. The fourth-order valence-corrected chi connectivity index (χ4v) is 2.48. The van der Waals surface area contributed by atoms with Crippen LogP contribution in [0.15, 0.2) is 35.7 Å². The lowest BCUT2D eigenvalue weighted by atomic mass is 10.1. The summed E-state index contributed by atoms with van der Waals surface area (Å²) < 4.78 is 0. The Morgan fingerprint density at radius 3 is 2.56 bits per heavy atom. The van der Waals surface area contributed by atoms with Crippen molar-refractivity contribution in [2.45, 2.75) is 0 Å². The maximum Gasteiger partial charge on any atom is 0.337 e. The zero-order valence-electron chi connectivity index (χ0n) is 9.06. The van der Waals surface area contributed by atoms with E-state index in [4.69, 9.17) is 23.2 Å². The first-order chi connectivity index (χ1) is 8.58. The Bertz CT molecular complexity index is 603. The molecule has 92 valence electrons. The van der Waals surface area contributed by atoms with E-state index in [9.17, 15) is 9.90 Å². The van der Waals surface area contributed by atoms with Gasteiger partial charge in [-0.25, -0.2) is 4.79 Å². The first-order valence-corrected chi connectivity index (χ1v) is 6.65. The fraction of sp³-hybridized carbons (Fsp3) is 0. The first-order valence-electron chi connectivity index (χ1n) is 5.02. The second kappa shape index (κ2) is 5.57. The van der Waals surface area contributed by atoms with Crippen molar-refractivity contribution >= 4 is 52.2 Å². The second-order valence-electron chi connectivity index (χ2n) is 3.51. The maximum absolute atomic E-state index is 11.2. The molecule has 0 aliphatic carbocycles. The van der Waals surface area contributed by atoms with Gasteiger partial charge in [0.25, 0.3) is 0 Å². The molecular formula is C13H8Cl2O2S. The van der Waals surface area contributed by atoms with Crippen molar-refractivity contribution in [1.29, 1.82) is 0 Å². The number of carboxylic acid groups (broad SMARTS) is 1. The molecule has 1 heterocycles. The van der Waals surface area contributed by atoms with Crippen LogP contribution in [0.1, 0.15) is 10.4 Å². The molecule has 18 heavy (non-hydrogen) atoms. The van der Waals surface area contributed by atoms with Crippen LogP contribution in [0.5, 0.6) is 0 Å². The van der Waals surface area contributed by atoms with E-state index in [2.05, 4.69) is 0 Å². The summed E-state index contributed by atoms with van der Waals surface area (Å²) in [7, 11) is 0. The Morgan fingerprint density at radius 1 is 1.22 bits per heavy atom. The minimum atomic E-state index is -0.969. The van der Waals surface area contributed by atoms with E-state index in [0.29, 0.717) is 20.5 Å². The fourth-order valence-electron chi connectivity index (χ4n) is 1.44. The highest BCUT2D eigenvalue weighted by atomic mass is 35.5. The van der Waals surface area contributed by atoms with Crippen molar-refractivity contribution in [2.24, 2.45) is 0 Å². The molecule has 2 rings (SSSR count). The third-order valence-corrected chi connectivity index (χ3v) is 3.91. The Hall–Kier alpha value is -1.29. The van der Waals surface area contributed by atoms with E-state index in [-0.39, 0.29) is 5.57 Å². The van der Waals surface area contributed by atoms with Crippen LogP contribution >= 0.6 is 34.5 Å². The number of aliphatic carboxylic acids is 1. The lowest BCUT2D eigenvalue weighted by Gasteiger charge is -2.01. The number of thiophene rings is 1. The Morgan fingerprint density at radius 2 is 2.00 bits per heavy atom. The normalized spacial score (nSPS) is 11.6. The largest absolute Gasteiger partial charge is 0.478 e. The van der Waals surface area contributed by atoms with Crippen molar-refractivity contribution in [1.82, 2.24) is 0 Å². The van der Waals surface area contributed by atoms with Gasteiger partial charge < -0.3 is 5.11 Å². The first kappa shape index (κ1) is 13.1. The lowest BCUT2D eigenvalue weighted by molar-refractivity contribution is -0.130. The van der Waals surface area contributed by atoms with E-state index in [1.807, 2.05) is 11.4 Å². The molecule has 0 saturated carbocycles. The monoisotopic (exact) mass is 298 g/mol. The van der Waals surface area contributed by atoms with Crippen LogP contribution in [0.2, 0.25) is 10.0 Å². The van der Waals surface area contributed by atoms with E-state index in [1.54, 1.807) is 30.3 Å². The third-order valence-electron chi connectivity index (χ3n) is 2.27. The summed E-state index contributed by atoms with van der Waals surface area (Å²) in [5.74, 6) is -0.969. The quantitative estimate of drug-likeness (QED) is 0.835. The number of rotatable bonds is 3. The predicted molar refractivity (Wildman–Crippen MR) is 76.3 cm³/mol. The van der Waals surface area contributed by atoms with E-state index in [1.165, 1.54) is 11.3 Å². The summed E-state index contributed by atoms with van der Waals surface area (Å²) >= 11 is 13.1. The molecule has 0 atom stereocenters. The topological polar surface area (TPSA) is 37.3 Å². The minimum absolute atomic E-state index is 0.239. The van der Waals surface area contributed by atoms with Gasteiger partial charge in [0, 0.05) is 4.88 Å². The van der Waals surface area contributed by atoms with Gasteiger partial charge in [0.05, 0.1) is 15.6 Å². The zero-order valence-corrected chi connectivity index (χ0v) is 11.4. The second-order valence-corrected chi connectivity index (χ2v) is 5.28. The maximum atomic E-state index is 11.2. The lowest BCUT2D eigenvalue weighted by Crippen LogP contribution is -1.97. The molecule has 2 aromatic rings. The number of carboxylic acids is 1. The van der Waals surface area contributed by atoms with Crippen molar-refractivity contribution in [3.05, 3.63) is 56.2 Å². The van der Waals surface area contributed by atoms with Crippen LogP contribution in [0.25, 0.3) is 11.6 Å². The standard InChI is InChI=1S/C13H8Cl2O2S/c14-10-4-3-8(7-11(10)15)6-9(13(16)17)12-2-1-5-18-12/h1-7H,(H,16,17)/b9-6-. The van der Waals surface area contributed by atoms with Crippen molar-refractivity contribution in [3.63, 3.8) is 0 Å². The molecule has 1 aromatic carbocycles. The summed E-state index contributed by atoms with van der Waals surface area (Å²) in [6.45, 7) is 0. The van der Waals surface area contributed by atoms with Crippen LogP contribution in [0.4, 0.5) is 0 Å². The zero-order chi connectivity index (χ0) is 13.1. The average molecular weight is 299 g/mol. The molecule has 0 aliphatic rings. The third kappa shape index (κ3) is 2.93. The van der Waals surface area contributed by atoms with Gasteiger partial charge >= 0.3 is 5.97 Å². The summed E-state index contributed by atoms with van der Waals surface area (Å²) in [6.07, 6.45) is 1.58. The Balaban J connectivity index is 2.45. The molecule has 0 unspecified atom stereocenters. The van der Waals surface area contributed by atoms with Crippen molar-refractivity contribution in [2.75, 3.05) is 0 Å². The smallest absolute Gasteiger partial charge is 0.337 e. The van der Waals surface area contributed by atoms with Gasteiger partial charge in [-0.3, -0.25) is 0 Å². The molecular weight excluding hydrogens is 291 g/mol. The molecule has 5 heteroatoms. The summed E-state index contributed by atoms with van der Waals surface area (Å²) in [4.78, 5) is 11.9. The number of benzene rings is 1. The Kier molecular flexibility index (Phi) is 4.07. The van der Waals surface area contributed by atoms with E-state index < -0.39 is 5.97 Å². The van der Waals surface area contributed by atoms with Crippen LogP contribution in [0.3, 0.4) is 0 Å². The number of halogens is 2. The molecule has 0 saturated heterocycles. The van der Waals surface area contributed by atoms with Gasteiger partial charge in [-0.1, -0.05) is 35.3 Å². The van der Waals surface area contributed by atoms with E-state index in [0.717, 1.165) is 0 Å². The van der Waals surface area contributed by atoms with Crippen LogP contribution < -0.4 is 0 Å². The molecule has 0 spiro atoms. The van der Waals surface area contributed by atoms with Gasteiger partial charge in [0.2, 0.25) is 0 Å². The van der Waals surface area contributed by atoms with Crippen molar-refractivity contribution < 1.29 is 9.90 Å². The highest BCUT2D eigenvalue weighted by molar-refractivity contribution is 7.11. The van der Waals surface area contributed by atoms with Gasteiger partial charge in [0.1, 0.15) is 0 Å². The van der Waals surface area contributed by atoms with Gasteiger partial charge in [-0.05, 0) is 35.2 Å². The molecule has 0 fully saturated rings. The molecule has 1 N–H and O–H groups in total. The van der Waals surface area contributed by atoms with Gasteiger partial charge in [-0.15, -0.1) is 11.3 Å². The summed E-state index contributed by atoms with van der Waals surface area (Å²) in [5.41, 5.74) is 0.943. The SMILES string of the molecule is O=C(O)/C(=C\c1ccc(Cl)c(Cl)c1)c1cccs1. The summed E-state index contributed by atoms with van der Waals surface area (Å²) in [5, 5.41) is 11.9. The highest BCUT2D eigenvalue weighted by Crippen LogP contribution is 2.27. The van der Waals surface area contributed by atoms with Gasteiger partial charge in [0.15, 0.2) is 0 Å². The molecule has 0 radical (unpaired) electrons. The number of hydrogen-bond donors (Lipinski definition) is 1. The van der Waals surface area contributed by atoms with E-state index >= 15 is 0 Å². The van der Waals surface area contributed by atoms with Crippen LogP contribution in [-0.4, -0.2) is 11.1 Å². The van der Waals surface area contributed by atoms with Crippen LogP contribution in [0, 0.1) is 0 Å². The molecule has 0 aliphatic heterocycles. The molecule has 0 bridgehead atoms. The molecule has 0 amide bonds. The Labute approximate surface area is 118 Å². The number of carbonyl (C=O) groups is 1. The minimum Gasteiger partial charge on any atom is -0.478 e. The van der Waals surface area contributed by atoms with Crippen LogP contribution in [-0.2, 0) is 4.79 Å².